The predicted octanol–water partition coefficient (Wildman–Crippen LogP) is 4.93. The summed E-state index contributed by atoms with van der Waals surface area (Å²) in [5, 5.41) is 2.99. The SMILES string of the molecule is CCC1CCC(NC(=O)c2ccc(OC)c(OCCc3ccc(C4=COC4)cc3)c2)(C(=O)OC)CC1. The summed E-state index contributed by atoms with van der Waals surface area (Å²) in [5.74, 6) is 0.891. The number of rotatable bonds is 10. The molecule has 36 heavy (non-hydrogen) atoms. The van der Waals surface area contributed by atoms with Crippen molar-refractivity contribution < 1.29 is 28.5 Å². The second-order valence-electron chi connectivity index (χ2n) is 9.49. The molecular weight excluding hydrogens is 458 g/mol. The number of hydrogen-bond donors (Lipinski definition) is 1. The molecule has 7 nitrogen and oxygen atoms in total. The van der Waals surface area contributed by atoms with E-state index in [1.807, 2.05) is 0 Å². The van der Waals surface area contributed by atoms with Gasteiger partial charge in [0.2, 0.25) is 0 Å². The minimum atomic E-state index is -0.994. The van der Waals surface area contributed by atoms with Gasteiger partial charge in [-0.15, -0.1) is 0 Å². The summed E-state index contributed by atoms with van der Waals surface area (Å²) in [6, 6.07) is 13.4. The van der Waals surface area contributed by atoms with Gasteiger partial charge < -0.3 is 24.3 Å². The largest absolute Gasteiger partial charge is 0.496 e. The van der Waals surface area contributed by atoms with Crippen LogP contribution in [-0.4, -0.2) is 44.8 Å². The first-order chi connectivity index (χ1) is 17.5. The summed E-state index contributed by atoms with van der Waals surface area (Å²) < 4.78 is 21.6. The normalized spacial score (nSPS) is 20.9. The zero-order valence-electron chi connectivity index (χ0n) is 21.3. The molecule has 0 radical (unpaired) electrons. The zero-order valence-corrected chi connectivity index (χ0v) is 21.3. The van der Waals surface area contributed by atoms with Gasteiger partial charge in [-0.25, -0.2) is 4.79 Å². The van der Waals surface area contributed by atoms with Gasteiger partial charge in [0.1, 0.15) is 12.1 Å². The third kappa shape index (κ3) is 5.66. The van der Waals surface area contributed by atoms with Crippen LogP contribution in [0.1, 0.15) is 60.5 Å². The molecule has 1 saturated carbocycles. The third-order valence-corrected chi connectivity index (χ3v) is 7.33. The van der Waals surface area contributed by atoms with E-state index in [9.17, 15) is 9.59 Å². The van der Waals surface area contributed by atoms with Gasteiger partial charge in [0.25, 0.3) is 5.91 Å². The lowest BCUT2D eigenvalue weighted by Gasteiger charge is -2.38. The van der Waals surface area contributed by atoms with Crippen molar-refractivity contribution in [1.29, 1.82) is 0 Å². The van der Waals surface area contributed by atoms with Crippen LogP contribution in [0.4, 0.5) is 0 Å². The Hall–Kier alpha value is -3.48. The van der Waals surface area contributed by atoms with Crippen molar-refractivity contribution in [2.24, 2.45) is 5.92 Å². The van der Waals surface area contributed by atoms with Crippen molar-refractivity contribution in [3.05, 3.63) is 65.4 Å². The van der Waals surface area contributed by atoms with Gasteiger partial charge in [-0.05, 0) is 60.9 Å². The fourth-order valence-corrected chi connectivity index (χ4v) is 4.86. The number of ether oxygens (including phenoxy) is 4. The van der Waals surface area contributed by atoms with Crippen LogP contribution in [0.25, 0.3) is 5.57 Å². The van der Waals surface area contributed by atoms with E-state index >= 15 is 0 Å². The van der Waals surface area contributed by atoms with Gasteiger partial charge in [0.05, 0.1) is 27.1 Å². The van der Waals surface area contributed by atoms with Gasteiger partial charge in [0.15, 0.2) is 11.5 Å². The van der Waals surface area contributed by atoms with Crippen molar-refractivity contribution in [1.82, 2.24) is 5.32 Å². The molecule has 1 heterocycles. The summed E-state index contributed by atoms with van der Waals surface area (Å²) in [7, 11) is 2.94. The molecule has 1 aliphatic carbocycles. The van der Waals surface area contributed by atoms with E-state index in [1.54, 1.807) is 31.6 Å². The van der Waals surface area contributed by atoms with Crippen LogP contribution in [0, 0.1) is 5.92 Å². The number of methoxy groups -OCH3 is 2. The van der Waals surface area contributed by atoms with Crippen LogP contribution in [-0.2, 0) is 20.7 Å². The molecule has 1 N–H and O–H groups in total. The first kappa shape index (κ1) is 25.6. The Balaban J connectivity index is 1.41. The average Bonchev–Trinajstić information content (AvgIpc) is 2.88. The predicted molar refractivity (Wildman–Crippen MR) is 137 cm³/mol. The molecule has 1 fully saturated rings. The first-order valence-corrected chi connectivity index (χ1v) is 12.6. The maximum atomic E-state index is 13.2. The summed E-state index contributed by atoms with van der Waals surface area (Å²) in [4.78, 5) is 25.9. The fraction of sp³-hybridized carbons (Fsp3) is 0.448. The highest BCUT2D eigenvalue weighted by Crippen LogP contribution is 2.35. The van der Waals surface area contributed by atoms with Crippen molar-refractivity contribution in [2.75, 3.05) is 27.4 Å². The summed E-state index contributed by atoms with van der Waals surface area (Å²) >= 11 is 0. The molecular formula is C29H35NO6. The molecule has 0 spiro atoms. The fourth-order valence-electron chi connectivity index (χ4n) is 4.86. The van der Waals surface area contributed by atoms with Gasteiger partial charge >= 0.3 is 5.97 Å². The molecule has 0 aromatic heterocycles. The topological polar surface area (TPSA) is 83.1 Å². The zero-order chi connectivity index (χ0) is 25.5. The lowest BCUT2D eigenvalue weighted by atomic mass is 9.75. The number of benzene rings is 2. The van der Waals surface area contributed by atoms with Crippen LogP contribution in [0.2, 0.25) is 0 Å². The average molecular weight is 494 g/mol. The standard InChI is InChI=1S/C29H35NO6/c1-4-20-11-14-29(15-12-20,28(32)34-3)30-27(31)23-9-10-25(33-2)26(17-23)36-16-13-21-5-7-22(8-6-21)24-18-35-19-24/h5-10,17-18,20H,4,11-16,19H2,1-3H3,(H,30,31). The van der Waals surface area contributed by atoms with Crippen LogP contribution < -0.4 is 14.8 Å². The highest BCUT2D eigenvalue weighted by molar-refractivity contribution is 5.98. The molecule has 0 unspecified atom stereocenters. The summed E-state index contributed by atoms with van der Waals surface area (Å²) in [6.07, 6.45) is 6.47. The minimum absolute atomic E-state index is 0.326. The van der Waals surface area contributed by atoms with Gasteiger partial charge in [-0.2, -0.15) is 0 Å². The minimum Gasteiger partial charge on any atom is -0.496 e. The maximum Gasteiger partial charge on any atom is 0.331 e. The third-order valence-electron chi connectivity index (χ3n) is 7.33. The van der Waals surface area contributed by atoms with Gasteiger partial charge in [-0.1, -0.05) is 37.6 Å². The molecule has 192 valence electrons. The maximum absolute atomic E-state index is 13.2. The van der Waals surface area contributed by atoms with E-state index in [2.05, 4.69) is 36.5 Å². The quantitative estimate of drug-likeness (QED) is 0.473. The molecule has 2 aliphatic rings. The summed E-state index contributed by atoms with van der Waals surface area (Å²) in [6.45, 7) is 3.24. The molecule has 0 bridgehead atoms. The van der Waals surface area contributed by atoms with E-state index in [1.165, 1.54) is 18.2 Å². The van der Waals surface area contributed by atoms with Crippen molar-refractivity contribution in [3.8, 4) is 11.5 Å². The second kappa shape index (κ2) is 11.5. The van der Waals surface area contributed by atoms with Crippen molar-refractivity contribution >= 4 is 17.4 Å². The monoisotopic (exact) mass is 493 g/mol. The Morgan fingerprint density at radius 2 is 1.78 bits per heavy atom. The molecule has 1 aliphatic heterocycles. The van der Waals surface area contributed by atoms with Crippen LogP contribution in [0.5, 0.6) is 11.5 Å². The van der Waals surface area contributed by atoms with Crippen molar-refractivity contribution in [3.63, 3.8) is 0 Å². The number of amides is 1. The molecule has 0 atom stereocenters. The molecule has 1 amide bonds. The Morgan fingerprint density at radius 3 is 2.36 bits per heavy atom. The van der Waals surface area contributed by atoms with Crippen LogP contribution in [0.15, 0.2) is 48.7 Å². The Bertz CT molecular complexity index is 1100. The second-order valence-corrected chi connectivity index (χ2v) is 9.49. The smallest absolute Gasteiger partial charge is 0.331 e. The molecule has 2 aromatic rings. The molecule has 2 aromatic carbocycles. The van der Waals surface area contributed by atoms with Crippen LogP contribution in [0.3, 0.4) is 0 Å². The number of carbonyl (C=O) groups is 2. The van der Waals surface area contributed by atoms with Crippen LogP contribution >= 0.6 is 0 Å². The molecule has 4 rings (SSSR count). The van der Waals surface area contributed by atoms with Gasteiger partial charge in [-0.3, -0.25) is 4.79 Å². The number of nitrogens with one attached hydrogen (secondary N) is 1. The highest BCUT2D eigenvalue weighted by atomic mass is 16.5. The van der Waals surface area contributed by atoms with E-state index < -0.39 is 5.54 Å². The van der Waals surface area contributed by atoms with E-state index in [-0.39, 0.29) is 11.9 Å². The van der Waals surface area contributed by atoms with Gasteiger partial charge in [0, 0.05) is 17.6 Å². The Kier molecular flexibility index (Phi) is 8.18. The lowest BCUT2D eigenvalue weighted by molar-refractivity contribution is -0.150. The number of esters is 1. The van der Waals surface area contributed by atoms with Crippen molar-refractivity contribution in [2.45, 2.75) is 51.0 Å². The van der Waals surface area contributed by atoms with E-state index in [0.29, 0.717) is 55.5 Å². The molecule has 0 saturated heterocycles. The summed E-state index contributed by atoms with van der Waals surface area (Å²) in [5.41, 5.74) is 2.93. The molecule has 7 heteroatoms. The lowest BCUT2D eigenvalue weighted by Crippen LogP contribution is -2.56. The number of hydrogen-bond acceptors (Lipinski definition) is 6. The Morgan fingerprint density at radius 1 is 1.06 bits per heavy atom. The highest BCUT2D eigenvalue weighted by Gasteiger charge is 2.44. The van der Waals surface area contributed by atoms with E-state index in [0.717, 1.165) is 24.8 Å². The first-order valence-electron chi connectivity index (χ1n) is 12.6. The van der Waals surface area contributed by atoms with E-state index in [4.69, 9.17) is 18.9 Å². The Labute approximate surface area is 212 Å². The number of carbonyl (C=O) groups excluding carboxylic acids is 2.